The summed E-state index contributed by atoms with van der Waals surface area (Å²) in [4.78, 5) is 0. The van der Waals surface area contributed by atoms with Crippen molar-refractivity contribution in [3.63, 3.8) is 0 Å². The van der Waals surface area contributed by atoms with Gasteiger partial charge in [-0.1, -0.05) is 48.6 Å². The first kappa shape index (κ1) is 11.3. The van der Waals surface area contributed by atoms with Crippen molar-refractivity contribution < 1.29 is 0 Å². The van der Waals surface area contributed by atoms with Crippen molar-refractivity contribution in [2.24, 2.45) is 5.73 Å². The van der Waals surface area contributed by atoms with E-state index in [1.54, 1.807) is 0 Å². The summed E-state index contributed by atoms with van der Waals surface area (Å²) in [6.45, 7) is 7.97. The Hall–Kier alpha value is -1.76. The first-order valence-electron chi connectivity index (χ1n) is 4.99. The Morgan fingerprint density at radius 2 is 1.80 bits per heavy atom. The standard InChI is InChI=1S/C14H17N/c1-4-14(15)10-7-12(3)13-8-5-11(2)6-9-13/h4-10H,3,15H2,1-2H3/b10-7-,14-4+. The van der Waals surface area contributed by atoms with E-state index < -0.39 is 0 Å². The average molecular weight is 199 g/mol. The third kappa shape index (κ3) is 3.47. The van der Waals surface area contributed by atoms with Crippen LogP contribution in [-0.2, 0) is 0 Å². The van der Waals surface area contributed by atoms with Crippen LogP contribution in [0.3, 0.4) is 0 Å². The van der Waals surface area contributed by atoms with E-state index in [-0.39, 0.29) is 0 Å². The van der Waals surface area contributed by atoms with Crippen LogP contribution in [0.4, 0.5) is 0 Å². The van der Waals surface area contributed by atoms with E-state index in [4.69, 9.17) is 5.73 Å². The lowest BCUT2D eigenvalue weighted by molar-refractivity contribution is 1.39. The summed E-state index contributed by atoms with van der Waals surface area (Å²) in [6.07, 6.45) is 5.65. The lowest BCUT2D eigenvalue weighted by Gasteiger charge is -2.01. The minimum Gasteiger partial charge on any atom is -0.399 e. The van der Waals surface area contributed by atoms with Crippen molar-refractivity contribution >= 4 is 5.57 Å². The van der Waals surface area contributed by atoms with E-state index in [0.717, 1.165) is 16.8 Å². The maximum Gasteiger partial charge on any atom is 0.0270 e. The van der Waals surface area contributed by atoms with Gasteiger partial charge in [0.25, 0.3) is 0 Å². The largest absolute Gasteiger partial charge is 0.399 e. The van der Waals surface area contributed by atoms with Crippen molar-refractivity contribution in [3.05, 3.63) is 65.9 Å². The minimum atomic E-state index is 0.753. The molecule has 0 aliphatic carbocycles. The van der Waals surface area contributed by atoms with E-state index >= 15 is 0 Å². The van der Waals surface area contributed by atoms with Crippen LogP contribution in [0.15, 0.2) is 54.8 Å². The van der Waals surface area contributed by atoms with Gasteiger partial charge in [0.1, 0.15) is 0 Å². The number of rotatable bonds is 3. The van der Waals surface area contributed by atoms with Gasteiger partial charge in [-0.2, -0.15) is 0 Å². The van der Waals surface area contributed by atoms with Gasteiger partial charge in [0.15, 0.2) is 0 Å². The van der Waals surface area contributed by atoms with Crippen molar-refractivity contribution in [2.45, 2.75) is 13.8 Å². The minimum absolute atomic E-state index is 0.753. The monoisotopic (exact) mass is 199 g/mol. The summed E-state index contributed by atoms with van der Waals surface area (Å²) in [7, 11) is 0. The molecule has 0 saturated carbocycles. The van der Waals surface area contributed by atoms with Crippen LogP contribution in [0.2, 0.25) is 0 Å². The van der Waals surface area contributed by atoms with Gasteiger partial charge in [0.2, 0.25) is 0 Å². The Labute approximate surface area is 91.6 Å². The maximum atomic E-state index is 5.66. The molecular formula is C14H17N. The summed E-state index contributed by atoms with van der Waals surface area (Å²) in [5, 5.41) is 0. The highest BCUT2D eigenvalue weighted by Gasteiger charge is 1.93. The average Bonchev–Trinajstić information content (AvgIpc) is 2.26. The molecule has 15 heavy (non-hydrogen) atoms. The van der Waals surface area contributed by atoms with Gasteiger partial charge in [0, 0.05) is 5.70 Å². The molecule has 0 heterocycles. The second-order valence-corrected chi connectivity index (χ2v) is 3.51. The zero-order valence-electron chi connectivity index (χ0n) is 9.33. The molecular weight excluding hydrogens is 182 g/mol. The van der Waals surface area contributed by atoms with Crippen LogP contribution in [0, 0.1) is 6.92 Å². The van der Waals surface area contributed by atoms with E-state index in [0.29, 0.717) is 0 Å². The Morgan fingerprint density at radius 1 is 1.20 bits per heavy atom. The lowest BCUT2D eigenvalue weighted by atomic mass is 10.1. The molecule has 1 aromatic rings. The van der Waals surface area contributed by atoms with Gasteiger partial charge >= 0.3 is 0 Å². The van der Waals surface area contributed by atoms with Crippen molar-refractivity contribution in [2.75, 3.05) is 0 Å². The Morgan fingerprint density at radius 3 is 2.33 bits per heavy atom. The molecule has 0 fully saturated rings. The summed E-state index contributed by atoms with van der Waals surface area (Å²) in [6, 6.07) is 8.28. The predicted molar refractivity (Wildman–Crippen MR) is 67.3 cm³/mol. The molecule has 0 aliphatic heterocycles. The van der Waals surface area contributed by atoms with E-state index in [1.807, 2.05) is 25.2 Å². The number of aryl methyl sites for hydroxylation is 1. The quantitative estimate of drug-likeness (QED) is 0.741. The molecule has 0 amide bonds. The molecule has 0 aromatic heterocycles. The van der Waals surface area contributed by atoms with Gasteiger partial charge < -0.3 is 5.73 Å². The second kappa shape index (κ2) is 5.20. The van der Waals surface area contributed by atoms with Crippen LogP contribution < -0.4 is 5.73 Å². The fourth-order valence-corrected chi connectivity index (χ4v) is 1.16. The van der Waals surface area contributed by atoms with E-state index in [9.17, 15) is 0 Å². The Bertz CT molecular complexity index is 394. The van der Waals surface area contributed by atoms with Gasteiger partial charge in [-0.15, -0.1) is 0 Å². The molecule has 0 unspecified atom stereocenters. The first-order valence-corrected chi connectivity index (χ1v) is 4.99. The van der Waals surface area contributed by atoms with Gasteiger partial charge in [-0.25, -0.2) is 0 Å². The predicted octanol–water partition coefficient (Wildman–Crippen LogP) is 3.43. The molecule has 78 valence electrons. The van der Waals surface area contributed by atoms with Gasteiger partial charge in [-0.3, -0.25) is 0 Å². The number of hydrogen-bond acceptors (Lipinski definition) is 1. The number of hydrogen-bond donors (Lipinski definition) is 1. The third-order valence-corrected chi connectivity index (χ3v) is 2.23. The smallest absolute Gasteiger partial charge is 0.0270 e. The van der Waals surface area contributed by atoms with Gasteiger partial charge in [-0.05, 0) is 31.1 Å². The van der Waals surface area contributed by atoms with Crippen LogP contribution in [0.1, 0.15) is 18.1 Å². The molecule has 0 spiro atoms. The molecule has 0 saturated heterocycles. The molecule has 2 N–H and O–H groups in total. The summed E-state index contributed by atoms with van der Waals surface area (Å²) >= 11 is 0. The molecule has 1 rings (SSSR count). The van der Waals surface area contributed by atoms with E-state index in [2.05, 4.69) is 37.8 Å². The SMILES string of the molecule is C=C(/C=C\C(N)=C/C)c1ccc(C)cc1. The van der Waals surface area contributed by atoms with Crippen LogP contribution >= 0.6 is 0 Å². The third-order valence-electron chi connectivity index (χ3n) is 2.23. The molecule has 0 bridgehead atoms. The number of nitrogens with two attached hydrogens (primary N) is 1. The highest BCUT2D eigenvalue weighted by atomic mass is 14.5. The molecule has 0 aliphatic rings. The molecule has 0 atom stereocenters. The van der Waals surface area contributed by atoms with E-state index in [1.165, 1.54) is 5.56 Å². The first-order chi connectivity index (χ1) is 7.13. The lowest BCUT2D eigenvalue weighted by Crippen LogP contribution is -1.91. The Kier molecular flexibility index (Phi) is 3.92. The van der Waals surface area contributed by atoms with Crippen molar-refractivity contribution in [1.29, 1.82) is 0 Å². The second-order valence-electron chi connectivity index (χ2n) is 3.51. The van der Waals surface area contributed by atoms with Crippen molar-refractivity contribution in [3.8, 4) is 0 Å². The zero-order valence-corrected chi connectivity index (χ0v) is 9.33. The maximum absolute atomic E-state index is 5.66. The summed E-state index contributed by atoms with van der Waals surface area (Å²) in [5.41, 5.74) is 9.76. The summed E-state index contributed by atoms with van der Waals surface area (Å²) in [5.74, 6) is 0. The number of allylic oxidation sites excluding steroid dienone is 4. The highest BCUT2D eigenvalue weighted by Crippen LogP contribution is 2.14. The van der Waals surface area contributed by atoms with Crippen LogP contribution in [0.25, 0.3) is 5.57 Å². The number of benzene rings is 1. The van der Waals surface area contributed by atoms with Crippen LogP contribution in [-0.4, -0.2) is 0 Å². The zero-order chi connectivity index (χ0) is 11.3. The molecule has 1 nitrogen and oxygen atoms in total. The fourth-order valence-electron chi connectivity index (χ4n) is 1.16. The summed E-state index contributed by atoms with van der Waals surface area (Å²) < 4.78 is 0. The molecule has 0 radical (unpaired) electrons. The highest BCUT2D eigenvalue weighted by molar-refractivity contribution is 5.72. The normalized spacial score (nSPS) is 12.0. The van der Waals surface area contributed by atoms with Crippen LogP contribution in [0.5, 0.6) is 0 Å². The topological polar surface area (TPSA) is 26.0 Å². The van der Waals surface area contributed by atoms with Gasteiger partial charge in [0.05, 0.1) is 0 Å². The molecule has 1 heteroatoms. The van der Waals surface area contributed by atoms with Crippen molar-refractivity contribution in [1.82, 2.24) is 0 Å². The Balaban J connectivity index is 2.78. The molecule has 1 aromatic carbocycles. The fraction of sp³-hybridized carbons (Fsp3) is 0.143.